The molecule has 1 saturated heterocycles. The van der Waals surface area contributed by atoms with Crippen LogP contribution in [-0.4, -0.2) is 59.7 Å². The van der Waals surface area contributed by atoms with Gasteiger partial charge in [0.25, 0.3) is 11.8 Å². The number of hydrogen-bond donors (Lipinski definition) is 1. The van der Waals surface area contributed by atoms with Crippen molar-refractivity contribution in [3.05, 3.63) is 33.8 Å². The number of piperazine rings is 1. The van der Waals surface area contributed by atoms with Gasteiger partial charge in [-0.15, -0.1) is 0 Å². The number of rotatable bonds is 3. The molecule has 0 bridgehead atoms. The molecule has 122 valence electrons. The Labute approximate surface area is 142 Å². The van der Waals surface area contributed by atoms with Gasteiger partial charge in [-0.05, 0) is 25.1 Å². The molecule has 2 aliphatic rings. The second-order valence-corrected chi connectivity index (χ2v) is 6.76. The number of fused-ring (bicyclic) bond motifs is 1. The highest BCUT2D eigenvalue weighted by molar-refractivity contribution is 9.10. The topological polar surface area (TPSA) is 69.7 Å². The Morgan fingerprint density at radius 2 is 2.04 bits per heavy atom. The summed E-state index contributed by atoms with van der Waals surface area (Å²) in [6.45, 7) is 4.32. The average molecular weight is 380 g/mol. The van der Waals surface area contributed by atoms with E-state index in [0.29, 0.717) is 17.7 Å². The summed E-state index contributed by atoms with van der Waals surface area (Å²) in [5.74, 6) is -0.664. The van der Waals surface area contributed by atoms with Crippen LogP contribution in [0.1, 0.15) is 34.1 Å². The predicted octanol–water partition coefficient (Wildman–Crippen LogP) is 1.26. The van der Waals surface area contributed by atoms with Crippen LogP contribution in [0.4, 0.5) is 0 Å². The normalized spacial score (nSPS) is 20.9. The Bertz CT molecular complexity index is 677. The van der Waals surface area contributed by atoms with Gasteiger partial charge in [0.1, 0.15) is 0 Å². The monoisotopic (exact) mass is 379 g/mol. The number of amides is 3. The molecule has 6 nitrogen and oxygen atoms in total. The molecular weight excluding hydrogens is 362 g/mol. The van der Waals surface area contributed by atoms with Gasteiger partial charge >= 0.3 is 0 Å². The lowest BCUT2D eigenvalue weighted by Crippen LogP contribution is -2.52. The second-order valence-electron chi connectivity index (χ2n) is 5.84. The van der Waals surface area contributed by atoms with E-state index in [9.17, 15) is 14.4 Å². The van der Waals surface area contributed by atoms with Gasteiger partial charge in [0.05, 0.1) is 11.1 Å². The number of carbonyl (C=O) groups is 3. The van der Waals surface area contributed by atoms with E-state index < -0.39 is 0 Å². The van der Waals surface area contributed by atoms with E-state index in [-0.39, 0.29) is 36.7 Å². The fraction of sp³-hybridized carbons (Fsp3) is 0.438. The van der Waals surface area contributed by atoms with Crippen LogP contribution in [0.15, 0.2) is 22.7 Å². The minimum absolute atomic E-state index is 0.0169. The van der Waals surface area contributed by atoms with E-state index >= 15 is 0 Å². The molecule has 3 rings (SSSR count). The lowest BCUT2D eigenvalue weighted by molar-refractivity contribution is -0.134. The number of nitrogens with zero attached hydrogens (tertiary/aromatic N) is 2. The highest BCUT2D eigenvalue weighted by atomic mass is 79.9. The van der Waals surface area contributed by atoms with Crippen molar-refractivity contribution in [2.45, 2.75) is 19.4 Å². The molecule has 3 amide bonds. The van der Waals surface area contributed by atoms with Crippen molar-refractivity contribution in [2.24, 2.45) is 0 Å². The van der Waals surface area contributed by atoms with E-state index in [0.717, 1.165) is 17.6 Å². The van der Waals surface area contributed by atoms with Crippen molar-refractivity contribution in [1.29, 1.82) is 0 Å². The van der Waals surface area contributed by atoms with Gasteiger partial charge in [0.15, 0.2) is 0 Å². The zero-order valence-corrected chi connectivity index (χ0v) is 14.4. The van der Waals surface area contributed by atoms with Crippen molar-refractivity contribution >= 4 is 33.7 Å². The quantitative estimate of drug-likeness (QED) is 0.802. The standard InChI is InChI=1S/C16H18BrN3O3/c1-10-9-18-5-7-19(10)14(21)4-6-20-15(22)12-3-2-11(17)8-13(12)16(20)23/h2-3,8,10,18H,4-7,9H2,1H3/t10-/m0/s1. The number of carbonyl (C=O) groups excluding carboxylic acids is 3. The first kappa shape index (κ1) is 16.1. The molecule has 0 radical (unpaired) electrons. The Morgan fingerprint density at radius 3 is 2.78 bits per heavy atom. The van der Waals surface area contributed by atoms with Crippen molar-refractivity contribution in [2.75, 3.05) is 26.2 Å². The summed E-state index contributed by atoms with van der Waals surface area (Å²) >= 11 is 3.30. The maximum Gasteiger partial charge on any atom is 0.261 e. The fourth-order valence-corrected chi connectivity index (χ4v) is 3.39. The van der Waals surface area contributed by atoms with Gasteiger partial charge in [0, 0.05) is 43.1 Å². The van der Waals surface area contributed by atoms with Crippen molar-refractivity contribution < 1.29 is 14.4 Å². The summed E-state index contributed by atoms with van der Waals surface area (Å²) in [6, 6.07) is 5.16. The van der Waals surface area contributed by atoms with Crippen LogP contribution in [-0.2, 0) is 4.79 Å². The van der Waals surface area contributed by atoms with E-state index in [1.54, 1.807) is 18.2 Å². The molecule has 0 spiro atoms. The molecule has 1 atom stereocenters. The molecule has 0 aliphatic carbocycles. The number of halogens is 1. The summed E-state index contributed by atoms with van der Waals surface area (Å²) in [6.07, 6.45) is 0.164. The van der Waals surface area contributed by atoms with Crippen LogP contribution in [0.5, 0.6) is 0 Å². The van der Waals surface area contributed by atoms with E-state index in [4.69, 9.17) is 0 Å². The lowest BCUT2D eigenvalue weighted by Gasteiger charge is -2.34. The largest absolute Gasteiger partial charge is 0.337 e. The maximum atomic E-state index is 12.4. The van der Waals surface area contributed by atoms with Gasteiger partial charge in [-0.25, -0.2) is 0 Å². The highest BCUT2D eigenvalue weighted by Gasteiger charge is 2.36. The third-order valence-electron chi connectivity index (χ3n) is 4.30. The first-order valence-electron chi connectivity index (χ1n) is 7.65. The van der Waals surface area contributed by atoms with Gasteiger partial charge < -0.3 is 10.2 Å². The molecule has 1 fully saturated rings. The van der Waals surface area contributed by atoms with Crippen molar-refractivity contribution in [1.82, 2.24) is 15.1 Å². The predicted molar refractivity (Wildman–Crippen MR) is 88.2 cm³/mol. The third-order valence-corrected chi connectivity index (χ3v) is 4.80. The van der Waals surface area contributed by atoms with Crippen LogP contribution in [0.25, 0.3) is 0 Å². The summed E-state index contributed by atoms with van der Waals surface area (Å²) < 4.78 is 0.755. The molecule has 0 saturated carbocycles. The zero-order valence-electron chi connectivity index (χ0n) is 12.8. The molecule has 0 aromatic heterocycles. The molecule has 0 unspecified atom stereocenters. The van der Waals surface area contributed by atoms with Crippen molar-refractivity contribution in [3.8, 4) is 0 Å². The van der Waals surface area contributed by atoms with Crippen LogP contribution >= 0.6 is 15.9 Å². The first-order chi connectivity index (χ1) is 11.0. The number of benzene rings is 1. The average Bonchev–Trinajstić information content (AvgIpc) is 2.76. The molecular formula is C16H18BrN3O3. The van der Waals surface area contributed by atoms with Gasteiger partial charge in [-0.2, -0.15) is 0 Å². The molecule has 1 aromatic rings. The highest BCUT2D eigenvalue weighted by Crippen LogP contribution is 2.26. The summed E-state index contributed by atoms with van der Waals surface area (Å²) in [5.41, 5.74) is 0.800. The number of imide groups is 1. The Kier molecular flexibility index (Phi) is 4.50. The van der Waals surface area contributed by atoms with E-state index in [1.165, 1.54) is 4.90 Å². The minimum Gasteiger partial charge on any atom is -0.337 e. The molecule has 23 heavy (non-hydrogen) atoms. The smallest absolute Gasteiger partial charge is 0.261 e. The van der Waals surface area contributed by atoms with Crippen molar-refractivity contribution in [3.63, 3.8) is 0 Å². The van der Waals surface area contributed by atoms with Crippen LogP contribution in [0, 0.1) is 0 Å². The lowest BCUT2D eigenvalue weighted by atomic mass is 10.1. The molecule has 1 N–H and O–H groups in total. The van der Waals surface area contributed by atoms with Gasteiger partial charge in [-0.1, -0.05) is 15.9 Å². The number of hydrogen-bond acceptors (Lipinski definition) is 4. The fourth-order valence-electron chi connectivity index (χ4n) is 3.03. The third kappa shape index (κ3) is 3.03. The molecule has 7 heteroatoms. The maximum absolute atomic E-state index is 12.4. The van der Waals surface area contributed by atoms with Gasteiger partial charge in [-0.3, -0.25) is 19.3 Å². The summed E-state index contributed by atoms with van der Waals surface area (Å²) in [7, 11) is 0. The minimum atomic E-state index is -0.326. The second kappa shape index (κ2) is 6.41. The Balaban J connectivity index is 1.66. The molecule has 2 aliphatic heterocycles. The molecule has 1 aromatic carbocycles. The summed E-state index contributed by atoms with van der Waals surface area (Å²) in [4.78, 5) is 40.0. The first-order valence-corrected chi connectivity index (χ1v) is 8.44. The van der Waals surface area contributed by atoms with Gasteiger partial charge in [0.2, 0.25) is 5.91 Å². The SMILES string of the molecule is C[C@H]1CNCCN1C(=O)CCN1C(=O)c2ccc(Br)cc2C1=O. The van der Waals surface area contributed by atoms with E-state index in [1.807, 2.05) is 11.8 Å². The number of nitrogens with one attached hydrogen (secondary N) is 1. The Morgan fingerprint density at radius 1 is 1.30 bits per heavy atom. The van der Waals surface area contributed by atoms with Crippen LogP contribution in [0.3, 0.4) is 0 Å². The Hall–Kier alpha value is -1.73. The van der Waals surface area contributed by atoms with Crippen LogP contribution in [0.2, 0.25) is 0 Å². The van der Waals surface area contributed by atoms with Crippen LogP contribution < -0.4 is 5.32 Å². The summed E-state index contributed by atoms with van der Waals surface area (Å²) in [5, 5.41) is 3.23. The van der Waals surface area contributed by atoms with E-state index in [2.05, 4.69) is 21.2 Å². The zero-order chi connectivity index (χ0) is 16.6. The molecule has 2 heterocycles.